The van der Waals surface area contributed by atoms with Crippen molar-refractivity contribution in [1.82, 2.24) is 0 Å². The SMILES string of the molecule is COc1ccc(C(=O)C(c2ccccc2)N(O[Si](C)(C)C)c2ccccc2OC)cc1. The molecule has 6 heteroatoms. The van der Waals surface area contributed by atoms with Crippen LogP contribution in [0.25, 0.3) is 0 Å². The molecule has 1 atom stereocenters. The van der Waals surface area contributed by atoms with E-state index in [0.717, 1.165) is 5.56 Å². The van der Waals surface area contributed by atoms with Gasteiger partial charge in [-0.3, -0.25) is 4.79 Å². The number of hydrogen-bond acceptors (Lipinski definition) is 5. The molecule has 0 radical (unpaired) electrons. The fraction of sp³-hybridized carbons (Fsp3) is 0.240. The number of benzene rings is 3. The third-order valence-corrected chi connectivity index (χ3v) is 5.41. The summed E-state index contributed by atoms with van der Waals surface area (Å²) in [6, 6.07) is 23.8. The smallest absolute Gasteiger partial charge is 0.220 e. The van der Waals surface area contributed by atoms with Gasteiger partial charge in [-0.1, -0.05) is 42.5 Å². The Labute approximate surface area is 185 Å². The van der Waals surface area contributed by atoms with Crippen LogP contribution in [0.2, 0.25) is 19.6 Å². The first-order valence-electron chi connectivity index (χ1n) is 10.2. The highest BCUT2D eigenvalue weighted by molar-refractivity contribution is 6.69. The molecule has 0 fully saturated rings. The predicted octanol–water partition coefficient (Wildman–Crippen LogP) is 5.90. The zero-order valence-electron chi connectivity index (χ0n) is 18.7. The van der Waals surface area contributed by atoms with Gasteiger partial charge in [0.1, 0.15) is 23.2 Å². The molecule has 3 aromatic rings. The van der Waals surface area contributed by atoms with Crippen LogP contribution in [-0.2, 0) is 4.53 Å². The topological polar surface area (TPSA) is 48.0 Å². The largest absolute Gasteiger partial charge is 0.497 e. The fourth-order valence-electron chi connectivity index (χ4n) is 3.29. The number of hydrogen-bond donors (Lipinski definition) is 0. The van der Waals surface area contributed by atoms with Gasteiger partial charge < -0.3 is 14.0 Å². The van der Waals surface area contributed by atoms with Crippen LogP contribution in [0.3, 0.4) is 0 Å². The van der Waals surface area contributed by atoms with Crippen LogP contribution < -0.4 is 14.5 Å². The van der Waals surface area contributed by atoms with Gasteiger partial charge in [-0.05, 0) is 61.6 Å². The molecule has 3 rings (SSSR count). The van der Waals surface area contributed by atoms with E-state index in [4.69, 9.17) is 14.0 Å². The Hall–Kier alpha value is -3.09. The fourth-order valence-corrected chi connectivity index (χ4v) is 4.08. The second-order valence-electron chi connectivity index (χ2n) is 8.11. The molecule has 0 aliphatic heterocycles. The molecule has 0 aliphatic carbocycles. The molecule has 0 bridgehead atoms. The van der Waals surface area contributed by atoms with Crippen molar-refractivity contribution in [3.63, 3.8) is 0 Å². The number of para-hydroxylation sites is 2. The van der Waals surface area contributed by atoms with Crippen molar-refractivity contribution in [2.24, 2.45) is 0 Å². The van der Waals surface area contributed by atoms with Gasteiger partial charge in [0.25, 0.3) is 0 Å². The summed E-state index contributed by atoms with van der Waals surface area (Å²) in [6.07, 6.45) is 0. The second-order valence-corrected chi connectivity index (χ2v) is 12.5. The molecule has 0 aliphatic rings. The van der Waals surface area contributed by atoms with E-state index in [1.165, 1.54) is 0 Å². The molecule has 3 aromatic carbocycles. The summed E-state index contributed by atoms with van der Waals surface area (Å²) in [5.41, 5.74) is 2.13. The number of methoxy groups -OCH3 is 2. The lowest BCUT2D eigenvalue weighted by molar-refractivity contribution is 0.0905. The Bertz CT molecular complexity index is 1000. The average molecular weight is 436 g/mol. The highest BCUT2D eigenvalue weighted by Crippen LogP contribution is 2.37. The lowest BCUT2D eigenvalue weighted by Gasteiger charge is -2.37. The van der Waals surface area contributed by atoms with E-state index in [1.54, 1.807) is 43.5 Å². The Morgan fingerprint density at radius 1 is 0.806 bits per heavy atom. The molecule has 0 saturated carbocycles. The van der Waals surface area contributed by atoms with Gasteiger partial charge in [0.15, 0.2) is 5.78 Å². The molecule has 0 heterocycles. The van der Waals surface area contributed by atoms with Crippen molar-refractivity contribution in [2.45, 2.75) is 25.7 Å². The number of carbonyl (C=O) groups excluding carboxylic acids is 1. The van der Waals surface area contributed by atoms with Crippen LogP contribution in [0, 0.1) is 0 Å². The molecule has 0 spiro atoms. The second kappa shape index (κ2) is 9.81. The number of ether oxygens (including phenoxy) is 2. The van der Waals surface area contributed by atoms with Gasteiger partial charge in [-0.2, -0.15) is 0 Å². The first-order chi connectivity index (χ1) is 14.8. The van der Waals surface area contributed by atoms with Crippen LogP contribution in [0.1, 0.15) is 22.0 Å². The molecule has 5 nitrogen and oxygen atoms in total. The van der Waals surface area contributed by atoms with Crippen molar-refractivity contribution < 1.29 is 18.8 Å². The minimum atomic E-state index is -2.10. The highest BCUT2D eigenvalue weighted by Gasteiger charge is 2.34. The number of anilines is 1. The highest BCUT2D eigenvalue weighted by atomic mass is 28.4. The minimum absolute atomic E-state index is 0.0713. The summed E-state index contributed by atoms with van der Waals surface area (Å²) in [5, 5.41) is 1.73. The Morgan fingerprint density at radius 3 is 2.00 bits per heavy atom. The summed E-state index contributed by atoms with van der Waals surface area (Å²) < 4.78 is 17.4. The third-order valence-electron chi connectivity index (χ3n) is 4.67. The molecule has 0 amide bonds. The van der Waals surface area contributed by atoms with Gasteiger partial charge in [-0.15, -0.1) is 0 Å². The molecule has 0 N–H and O–H groups in total. The van der Waals surface area contributed by atoms with Gasteiger partial charge >= 0.3 is 0 Å². The van der Waals surface area contributed by atoms with Crippen molar-refractivity contribution in [1.29, 1.82) is 0 Å². The lowest BCUT2D eigenvalue weighted by Crippen LogP contribution is -2.42. The van der Waals surface area contributed by atoms with E-state index < -0.39 is 14.4 Å². The number of rotatable bonds is 9. The summed E-state index contributed by atoms with van der Waals surface area (Å²) in [6.45, 7) is 6.28. The van der Waals surface area contributed by atoms with E-state index in [9.17, 15) is 4.79 Å². The molecule has 31 heavy (non-hydrogen) atoms. The molecule has 0 saturated heterocycles. The van der Waals surface area contributed by atoms with E-state index >= 15 is 0 Å². The van der Waals surface area contributed by atoms with E-state index in [2.05, 4.69) is 19.6 Å². The summed E-state index contributed by atoms with van der Waals surface area (Å²) >= 11 is 0. The molecule has 0 aromatic heterocycles. The van der Waals surface area contributed by atoms with E-state index in [0.29, 0.717) is 22.7 Å². The first-order valence-corrected chi connectivity index (χ1v) is 13.6. The molecular weight excluding hydrogens is 406 g/mol. The zero-order chi connectivity index (χ0) is 22.4. The predicted molar refractivity (Wildman–Crippen MR) is 126 cm³/mol. The van der Waals surface area contributed by atoms with Crippen LogP contribution in [-0.4, -0.2) is 28.3 Å². The van der Waals surface area contributed by atoms with Gasteiger partial charge in [0.2, 0.25) is 8.32 Å². The number of nitrogens with zero attached hydrogens (tertiary/aromatic N) is 1. The summed E-state index contributed by atoms with van der Waals surface area (Å²) in [7, 11) is 1.13. The van der Waals surface area contributed by atoms with Gasteiger partial charge in [-0.25, -0.2) is 5.06 Å². The number of carbonyl (C=O) groups is 1. The first kappa shape index (κ1) is 22.6. The van der Waals surface area contributed by atoms with Crippen LogP contribution in [0.15, 0.2) is 78.9 Å². The lowest BCUT2D eigenvalue weighted by atomic mass is 9.96. The maximum atomic E-state index is 13.9. The van der Waals surface area contributed by atoms with Crippen molar-refractivity contribution in [3.8, 4) is 11.5 Å². The Kier molecular flexibility index (Phi) is 7.15. The van der Waals surface area contributed by atoms with E-state index in [-0.39, 0.29) is 5.78 Å². The summed E-state index contributed by atoms with van der Waals surface area (Å²) in [5.74, 6) is 1.27. The van der Waals surface area contributed by atoms with Gasteiger partial charge in [0.05, 0.1) is 14.2 Å². The minimum Gasteiger partial charge on any atom is -0.497 e. The van der Waals surface area contributed by atoms with Gasteiger partial charge in [0, 0.05) is 5.56 Å². The Balaban J connectivity index is 2.16. The standard InChI is InChI=1S/C25H29NO4Si/c1-28-21-17-15-20(16-18-21)25(27)24(19-11-7-6-8-12-19)26(30-31(3,4)5)22-13-9-10-14-23(22)29-2/h6-18,24H,1-5H3. The maximum Gasteiger partial charge on any atom is 0.220 e. The zero-order valence-corrected chi connectivity index (χ0v) is 19.7. The number of hydroxylamine groups is 1. The van der Waals surface area contributed by atoms with Crippen LogP contribution in [0.5, 0.6) is 11.5 Å². The van der Waals surface area contributed by atoms with E-state index in [1.807, 2.05) is 54.6 Å². The van der Waals surface area contributed by atoms with Crippen molar-refractivity contribution in [2.75, 3.05) is 19.3 Å². The normalized spacial score (nSPS) is 12.2. The summed E-state index contributed by atoms with van der Waals surface area (Å²) in [4.78, 5) is 13.9. The average Bonchev–Trinajstić information content (AvgIpc) is 2.78. The maximum absolute atomic E-state index is 13.9. The van der Waals surface area contributed by atoms with Crippen LogP contribution >= 0.6 is 0 Å². The Morgan fingerprint density at radius 2 is 1.42 bits per heavy atom. The monoisotopic (exact) mass is 435 g/mol. The van der Waals surface area contributed by atoms with Crippen molar-refractivity contribution >= 4 is 19.8 Å². The number of ketones is 1. The molecule has 162 valence electrons. The third kappa shape index (κ3) is 5.54. The molecular formula is C25H29NO4Si. The van der Waals surface area contributed by atoms with Crippen LogP contribution in [0.4, 0.5) is 5.69 Å². The van der Waals surface area contributed by atoms with Crippen molar-refractivity contribution in [3.05, 3.63) is 90.0 Å². The quantitative estimate of drug-likeness (QED) is 0.238. The molecule has 1 unspecified atom stereocenters. The number of Topliss-reactive ketones (excluding diaryl/α,β-unsaturated/α-hetero) is 1.